The number of aliphatic hydroxyl groups is 1. The van der Waals surface area contributed by atoms with Crippen molar-refractivity contribution in [2.75, 3.05) is 0 Å². The molecular formula is C15H19N3O. The molecule has 0 saturated heterocycles. The molecule has 1 aliphatic rings. The molecule has 100 valence electrons. The van der Waals surface area contributed by atoms with E-state index < -0.39 is 0 Å². The first-order valence-corrected chi connectivity index (χ1v) is 6.91. The van der Waals surface area contributed by atoms with E-state index in [1.165, 1.54) is 5.56 Å². The zero-order valence-electron chi connectivity index (χ0n) is 11.2. The Balaban J connectivity index is 1.84. The fraction of sp³-hybridized carbons (Fsp3) is 0.467. The first kappa shape index (κ1) is 12.4. The molecule has 3 rings (SSSR count). The highest BCUT2D eigenvalue weighted by atomic mass is 16.3. The maximum Gasteiger partial charge on any atom is 0.113 e. The zero-order chi connectivity index (χ0) is 13.2. The minimum atomic E-state index is -0.290. The Bertz CT molecular complexity index is 547. The molecule has 1 aromatic heterocycles. The number of hydrogen-bond donors (Lipinski definition) is 1. The second kappa shape index (κ2) is 5.13. The normalized spacial score (nSPS) is 23.5. The molecular weight excluding hydrogens is 238 g/mol. The van der Waals surface area contributed by atoms with Gasteiger partial charge in [-0.15, -0.1) is 5.10 Å². The molecule has 1 fully saturated rings. The van der Waals surface area contributed by atoms with Crippen molar-refractivity contribution in [3.63, 3.8) is 0 Å². The van der Waals surface area contributed by atoms with E-state index in [2.05, 4.69) is 41.5 Å². The molecule has 4 nitrogen and oxygen atoms in total. The summed E-state index contributed by atoms with van der Waals surface area (Å²) in [6.45, 7) is 2.07. The summed E-state index contributed by atoms with van der Waals surface area (Å²) >= 11 is 0. The van der Waals surface area contributed by atoms with Gasteiger partial charge >= 0.3 is 0 Å². The molecule has 0 spiro atoms. The van der Waals surface area contributed by atoms with Crippen molar-refractivity contribution in [2.45, 2.75) is 44.8 Å². The Morgan fingerprint density at radius 1 is 1.16 bits per heavy atom. The Morgan fingerprint density at radius 3 is 2.63 bits per heavy atom. The lowest BCUT2D eigenvalue weighted by Gasteiger charge is -2.27. The van der Waals surface area contributed by atoms with Crippen molar-refractivity contribution >= 4 is 0 Å². The van der Waals surface area contributed by atoms with Crippen molar-refractivity contribution in [1.29, 1.82) is 0 Å². The summed E-state index contributed by atoms with van der Waals surface area (Å²) in [4.78, 5) is 0. The number of hydrogen-bond acceptors (Lipinski definition) is 3. The summed E-state index contributed by atoms with van der Waals surface area (Å²) in [5.41, 5.74) is 3.18. The van der Waals surface area contributed by atoms with Crippen molar-refractivity contribution in [2.24, 2.45) is 0 Å². The molecule has 1 aliphatic carbocycles. The number of nitrogens with zero attached hydrogens (tertiary/aromatic N) is 3. The molecule has 2 unspecified atom stereocenters. The summed E-state index contributed by atoms with van der Waals surface area (Å²) in [5, 5.41) is 18.5. The number of rotatable bonds is 2. The number of benzene rings is 1. The summed E-state index contributed by atoms with van der Waals surface area (Å²) in [6.07, 6.45) is 5.77. The highest BCUT2D eigenvalue weighted by Gasteiger charge is 2.25. The summed E-state index contributed by atoms with van der Waals surface area (Å²) in [5.74, 6) is 0. The number of aliphatic hydroxyl groups excluding tert-OH is 1. The summed E-state index contributed by atoms with van der Waals surface area (Å²) < 4.78 is 1.83. The van der Waals surface area contributed by atoms with Crippen LogP contribution in [0.4, 0.5) is 0 Å². The van der Waals surface area contributed by atoms with Gasteiger partial charge in [-0.2, -0.15) is 0 Å². The minimum Gasteiger partial charge on any atom is -0.391 e. The van der Waals surface area contributed by atoms with Gasteiger partial charge in [0.05, 0.1) is 18.3 Å². The SMILES string of the molecule is Cc1ccc(-c2cn(C3CCCCC3O)nn2)cc1. The van der Waals surface area contributed by atoms with E-state index in [0.29, 0.717) is 0 Å². The largest absolute Gasteiger partial charge is 0.391 e. The molecule has 0 amide bonds. The van der Waals surface area contributed by atoms with Crippen LogP contribution in [0.1, 0.15) is 37.3 Å². The Morgan fingerprint density at radius 2 is 1.89 bits per heavy atom. The third-order valence-electron chi connectivity index (χ3n) is 3.89. The zero-order valence-corrected chi connectivity index (χ0v) is 11.2. The van der Waals surface area contributed by atoms with Crippen LogP contribution in [-0.2, 0) is 0 Å². The fourth-order valence-electron chi connectivity index (χ4n) is 2.70. The van der Waals surface area contributed by atoms with Crippen LogP contribution in [-0.4, -0.2) is 26.2 Å². The highest BCUT2D eigenvalue weighted by Crippen LogP contribution is 2.29. The third kappa shape index (κ3) is 2.54. The predicted molar refractivity (Wildman–Crippen MR) is 73.7 cm³/mol. The van der Waals surface area contributed by atoms with Crippen LogP contribution in [0.15, 0.2) is 30.5 Å². The van der Waals surface area contributed by atoms with Gasteiger partial charge in [0.2, 0.25) is 0 Å². The van der Waals surface area contributed by atoms with E-state index in [1.807, 2.05) is 10.9 Å². The molecule has 0 bridgehead atoms. The van der Waals surface area contributed by atoms with Crippen LogP contribution < -0.4 is 0 Å². The highest BCUT2D eigenvalue weighted by molar-refractivity contribution is 5.57. The molecule has 1 N–H and O–H groups in total. The van der Waals surface area contributed by atoms with E-state index >= 15 is 0 Å². The van der Waals surface area contributed by atoms with Gasteiger partial charge in [-0.1, -0.05) is 47.9 Å². The van der Waals surface area contributed by atoms with Crippen molar-refractivity contribution in [3.05, 3.63) is 36.0 Å². The first-order chi connectivity index (χ1) is 9.24. The lowest BCUT2D eigenvalue weighted by Crippen LogP contribution is -2.27. The van der Waals surface area contributed by atoms with Gasteiger partial charge in [-0.25, -0.2) is 4.68 Å². The van der Waals surface area contributed by atoms with E-state index in [1.54, 1.807) is 0 Å². The van der Waals surface area contributed by atoms with Gasteiger partial charge in [-0.05, 0) is 19.8 Å². The minimum absolute atomic E-state index is 0.0837. The van der Waals surface area contributed by atoms with E-state index in [-0.39, 0.29) is 12.1 Å². The van der Waals surface area contributed by atoms with Gasteiger partial charge in [-0.3, -0.25) is 0 Å². The molecule has 1 saturated carbocycles. The predicted octanol–water partition coefficient (Wildman–Crippen LogP) is 2.73. The van der Waals surface area contributed by atoms with E-state index in [9.17, 15) is 5.11 Å². The molecule has 2 aromatic rings. The van der Waals surface area contributed by atoms with Crippen LogP contribution in [0.2, 0.25) is 0 Å². The molecule has 1 heterocycles. The monoisotopic (exact) mass is 257 g/mol. The van der Waals surface area contributed by atoms with Crippen molar-refractivity contribution < 1.29 is 5.11 Å². The average molecular weight is 257 g/mol. The van der Waals surface area contributed by atoms with Gasteiger partial charge in [0.1, 0.15) is 5.69 Å². The Labute approximate surface area is 113 Å². The van der Waals surface area contributed by atoms with Gasteiger partial charge < -0.3 is 5.11 Å². The fourth-order valence-corrected chi connectivity index (χ4v) is 2.70. The van der Waals surface area contributed by atoms with Gasteiger partial charge in [0.25, 0.3) is 0 Å². The Hall–Kier alpha value is -1.68. The van der Waals surface area contributed by atoms with Crippen molar-refractivity contribution in [1.82, 2.24) is 15.0 Å². The van der Waals surface area contributed by atoms with Crippen LogP contribution in [0.25, 0.3) is 11.3 Å². The molecule has 0 aliphatic heterocycles. The number of aromatic nitrogens is 3. The summed E-state index contributed by atoms with van der Waals surface area (Å²) in [6, 6.07) is 8.34. The van der Waals surface area contributed by atoms with Gasteiger partial charge in [0.15, 0.2) is 0 Å². The van der Waals surface area contributed by atoms with Crippen LogP contribution in [0, 0.1) is 6.92 Å². The molecule has 0 radical (unpaired) electrons. The van der Waals surface area contributed by atoms with Crippen LogP contribution in [0.3, 0.4) is 0 Å². The lowest BCUT2D eigenvalue weighted by molar-refractivity contribution is 0.0685. The molecule has 2 atom stereocenters. The topological polar surface area (TPSA) is 50.9 Å². The third-order valence-corrected chi connectivity index (χ3v) is 3.89. The second-order valence-corrected chi connectivity index (χ2v) is 5.37. The van der Waals surface area contributed by atoms with E-state index in [0.717, 1.165) is 36.9 Å². The average Bonchev–Trinajstić information content (AvgIpc) is 2.89. The maximum atomic E-state index is 10.0. The molecule has 19 heavy (non-hydrogen) atoms. The van der Waals surface area contributed by atoms with Crippen molar-refractivity contribution in [3.8, 4) is 11.3 Å². The Kier molecular flexibility index (Phi) is 3.34. The second-order valence-electron chi connectivity index (χ2n) is 5.37. The van der Waals surface area contributed by atoms with Crippen LogP contribution >= 0.6 is 0 Å². The van der Waals surface area contributed by atoms with Gasteiger partial charge in [0, 0.05) is 5.56 Å². The molecule has 4 heteroatoms. The maximum absolute atomic E-state index is 10.0. The first-order valence-electron chi connectivity index (χ1n) is 6.91. The quantitative estimate of drug-likeness (QED) is 0.900. The smallest absolute Gasteiger partial charge is 0.113 e. The standard InChI is InChI=1S/C15H19N3O/c1-11-6-8-12(9-7-11)13-10-18(17-16-13)14-4-2-3-5-15(14)19/h6-10,14-15,19H,2-5H2,1H3. The van der Waals surface area contributed by atoms with E-state index in [4.69, 9.17) is 0 Å². The number of aryl methyl sites for hydroxylation is 1. The summed E-state index contributed by atoms with van der Waals surface area (Å²) in [7, 11) is 0. The molecule has 1 aromatic carbocycles. The van der Waals surface area contributed by atoms with Crippen LogP contribution in [0.5, 0.6) is 0 Å². The lowest BCUT2D eigenvalue weighted by atomic mass is 9.93.